The number of para-hydroxylation sites is 5. The Balaban J connectivity index is 0.934. The van der Waals surface area contributed by atoms with E-state index >= 15 is 0 Å². The Kier molecular flexibility index (Phi) is 9.30. The van der Waals surface area contributed by atoms with Crippen LogP contribution in [0.3, 0.4) is 0 Å². The molecule has 12 aromatic carbocycles. The Morgan fingerprint density at radius 3 is 1.08 bits per heavy atom. The molecule has 354 valence electrons. The molecule has 0 saturated carbocycles. The molecule has 0 unspecified atom stereocenters. The Bertz CT molecular complexity index is 4940. The van der Waals surface area contributed by atoms with E-state index < -0.39 is 0 Å². The number of furan rings is 1. The number of hydrogen-bond acceptors (Lipinski definition) is 1. The van der Waals surface area contributed by atoms with Gasteiger partial charge >= 0.3 is 0 Å². The van der Waals surface area contributed by atoms with Crippen molar-refractivity contribution in [3.05, 3.63) is 273 Å². The number of nitrogens with zero attached hydrogens (tertiary/aromatic N) is 3. The normalized spacial score (nSPS) is 11.9. The number of hydrogen-bond donors (Lipinski definition) is 0. The third-order valence-electron chi connectivity index (χ3n) is 15.8. The Morgan fingerprint density at radius 1 is 0.197 bits per heavy atom. The zero-order valence-corrected chi connectivity index (χ0v) is 41.2. The van der Waals surface area contributed by atoms with Gasteiger partial charge in [0.25, 0.3) is 0 Å². The summed E-state index contributed by atoms with van der Waals surface area (Å²) in [5.41, 5.74) is 21.0. The average Bonchev–Trinajstić information content (AvgIpc) is 4.29. The molecule has 0 aliphatic carbocycles. The van der Waals surface area contributed by atoms with Gasteiger partial charge in [-0.2, -0.15) is 0 Å². The van der Waals surface area contributed by atoms with Crippen LogP contribution in [0.2, 0.25) is 0 Å². The minimum absolute atomic E-state index is 0.834. The SMILES string of the molecule is c1ccc(-c2cccc(-c3ccc4c(c3)c3ccccc3n4-c3cc(-n4c5ccccc5c5ccccc54)c4oc5c(-n6c7ccccc7c7cc(-c8cccc(-c9ccccc9)c8)ccc76)cccc5c4c3)c2)cc1. The minimum Gasteiger partial charge on any atom is -0.452 e. The summed E-state index contributed by atoms with van der Waals surface area (Å²) >= 11 is 0. The highest BCUT2D eigenvalue weighted by Crippen LogP contribution is 2.45. The smallest absolute Gasteiger partial charge is 0.159 e. The fraction of sp³-hybridized carbons (Fsp3) is 0. The second-order valence-electron chi connectivity index (χ2n) is 20.0. The van der Waals surface area contributed by atoms with Crippen LogP contribution in [0.5, 0.6) is 0 Å². The first-order valence-corrected chi connectivity index (χ1v) is 26.1. The van der Waals surface area contributed by atoms with Crippen LogP contribution >= 0.6 is 0 Å². The predicted molar refractivity (Wildman–Crippen MR) is 318 cm³/mol. The standard InChI is InChI=1S/C72H45N3O/c1-3-18-46(19-4-1)48-22-15-24-50(40-48)52-36-38-67-60(42-52)57-28-9-11-31-63(57)73(67)54-44-62-59-30-17-35-69(71(59)76-72(62)70(45-54)75-64-32-12-7-26-55(64)56-27-8-13-33-65(56)75)74-66-34-14-10-29-58(66)61-43-53(37-39-68(61)74)51-25-16-23-49(41-51)47-20-5-2-6-21-47/h1-45H. The molecule has 0 spiro atoms. The van der Waals surface area contributed by atoms with Crippen LogP contribution in [0.15, 0.2) is 277 Å². The van der Waals surface area contributed by atoms with E-state index in [9.17, 15) is 0 Å². The topological polar surface area (TPSA) is 27.9 Å². The monoisotopic (exact) mass is 967 g/mol. The lowest BCUT2D eigenvalue weighted by molar-refractivity contribution is 0.664. The van der Waals surface area contributed by atoms with Gasteiger partial charge in [-0.15, -0.1) is 0 Å². The molecule has 0 fully saturated rings. The van der Waals surface area contributed by atoms with Crippen molar-refractivity contribution in [2.45, 2.75) is 0 Å². The lowest BCUT2D eigenvalue weighted by atomic mass is 9.98. The summed E-state index contributed by atoms with van der Waals surface area (Å²) < 4.78 is 14.8. The van der Waals surface area contributed by atoms with Crippen LogP contribution < -0.4 is 0 Å². The lowest BCUT2D eigenvalue weighted by Crippen LogP contribution is -1.99. The van der Waals surface area contributed by atoms with Crippen molar-refractivity contribution in [2.75, 3.05) is 0 Å². The molecular formula is C72H45N3O. The zero-order chi connectivity index (χ0) is 49.8. The van der Waals surface area contributed by atoms with Gasteiger partial charge in [0.2, 0.25) is 0 Å². The highest BCUT2D eigenvalue weighted by Gasteiger charge is 2.24. The van der Waals surface area contributed by atoms with Crippen molar-refractivity contribution in [2.24, 2.45) is 0 Å². The van der Waals surface area contributed by atoms with Crippen LogP contribution in [0, 0.1) is 0 Å². The van der Waals surface area contributed by atoms with E-state index in [-0.39, 0.29) is 0 Å². The first kappa shape index (κ1) is 42.4. The van der Waals surface area contributed by atoms with E-state index in [0.717, 1.165) is 72.1 Å². The van der Waals surface area contributed by atoms with Gasteiger partial charge in [0.1, 0.15) is 0 Å². The molecule has 16 aromatic rings. The number of rotatable bonds is 7. The highest BCUT2D eigenvalue weighted by molar-refractivity contribution is 6.17. The maximum absolute atomic E-state index is 7.51. The number of fused-ring (bicyclic) bond motifs is 12. The second kappa shape index (κ2) is 16.7. The number of benzene rings is 12. The molecule has 4 aromatic heterocycles. The van der Waals surface area contributed by atoms with Crippen molar-refractivity contribution in [3.63, 3.8) is 0 Å². The zero-order valence-electron chi connectivity index (χ0n) is 41.2. The van der Waals surface area contributed by atoms with Gasteiger partial charge in [0.15, 0.2) is 11.2 Å². The molecule has 4 nitrogen and oxygen atoms in total. The largest absolute Gasteiger partial charge is 0.452 e. The van der Waals surface area contributed by atoms with Crippen LogP contribution in [-0.4, -0.2) is 13.7 Å². The molecule has 4 heterocycles. The predicted octanol–water partition coefficient (Wildman–Crippen LogP) is 19.5. The van der Waals surface area contributed by atoms with Gasteiger partial charge in [0, 0.05) is 48.8 Å². The summed E-state index contributed by atoms with van der Waals surface area (Å²) in [7, 11) is 0. The Hall–Kier alpha value is -10.2. The van der Waals surface area contributed by atoms with Crippen molar-refractivity contribution in [1.29, 1.82) is 0 Å². The molecule has 0 atom stereocenters. The fourth-order valence-electron chi connectivity index (χ4n) is 12.4. The fourth-order valence-corrected chi connectivity index (χ4v) is 12.4. The maximum atomic E-state index is 7.51. The first-order valence-electron chi connectivity index (χ1n) is 26.1. The van der Waals surface area contributed by atoms with Crippen LogP contribution in [0.4, 0.5) is 0 Å². The van der Waals surface area contributed by atoms with Crippen LogP contribution in [0.25, 0.3) is 149 Å². The van der Waals surface area contributed by atoms with E-state index in [1.54, 1.807) is 0 Å². The third-order valence-corrected chi connectivity index (χ3v) is 15.8. The molecular weight excluding hydrogens is 923 g/mol. The van der Waals surface area contributed by atoms with Crippen molar-refractivity contribution >= 4 is 87.4 Å². The molecule has 0 aliphatic rings. The molecule has 0 N–H and O–H groups in total. The molecule has 0 radical (unpaired) electrons. The van der Waals surface area contributed by atoms with Crippen LogP contribution in [0.1, 0.15) is 0 Å². The molecule has 76 heavy (non-hydrogen) atoms. The molecule has 4 heteroatoms. The Morgan fingerprint density at radius 2 is 0.553 bits per heavy atom. The summed E-state index contributed by atoms with van der Waals surface area (Å²) in [6.07, 6.45) is 0. The van der Waals surface area contributed by atoms with E-state index in [4.69, 9.17) is 4.42 Å². The van der Waals surface area contributed by atoms with E-state index in [1.807, 2.05) is 0 Å². The summed E-state index contributed by atoms with van der Waals surface area (Å²) in [5, 5.41) is 9.29. The lowest BCUT2D eigenvalue weighted by Gasteiger charge is -2.14. The summed E-state index contributed by atoms with van der Waals surface area (Å²) in [6, 6.07) is 99.4. The van der Waals surface area contributed by atoms with Gasteiger partial charge < -0.3 is 18.1 Å². The molecule has 16 rings (SSSR count). The highest BCUT2D eigenvalue weighted by atomic mass is 16.3. The average molecular weight is 968 g/mol. The molecule has 0 bridgehead atoms. The van der Waals surface area contributed by atoms with Crippen molar-refractivity contribution in [1.82, 2.24) is 13.7 Å². The van der Waals surface area contributed by atoms with Crippen LogP contribution in [-0.2, 0) is 0 Å². The van der Waals surface area contributed by atoms with E-state index in [1.165, 1.54) is 76.8 Å². The van der Waals surface area contributed by atoms with Gasteiger partial charge in [-0.05, 0) is 123 Å². The third kappa shape index (κ3) is 6.44. The molecule has 0 amide bonds. The van der Waals surface area contributed by atoms with Crippen molar-refractivity contribution < 1.29 is 4.42 Å². The maximum Gasteiger partial charge on any atom is 0.159 e. The summed E-state index contributed by atoms with van der Waals surface area (Å²) in [4.78, 5) is 0. The van der Waals surface area contributed by atoms with Gasteiger partial charge in [0.05, 0.1) is 44.5 Å². The van der Waals surface area contributed by atoms with Crippen molar-refractivity contribution in [3.8, 4) is 61.6 Å². The van der Waals surface area contributed by atoms with E-state index in [2.05, 4.69) is 287 Å². The second-order valence-corrected chi connectivity index (χ2v) is 20.0. The Labute approximate surface area is 437 Å². The van der Waals surface area contributed by atoms with Gasteiger partial charge in [-0.1, -0.05) is 194 Å². The first-order chi connectivity index (χ1) is 37.7. The molecule has 0 saturated heterocycles. The quantitative estimate of drug-likeness (QED) is 0.156. The minimum atomic E-state index is 0.834. The summed E-state index contributed by atoms with van der Waals surface area (Å²) in [5.74, 6) is 0. The molecule has 0 aliphatic heterocycles. The van der Waals surface area contributed by atoms with Gasteiger partial charge in [-0.3, -0.25) is 0 Å². The van der Waals surface area contributed by atoms with E-state index in [0.29, 0.717) is 0 Å². The van der Waals surface area contributed by atoms with Gasteiger partial charge in [-0.25, -0.2) is 0 Å². The summed E-state index contributed by atoms with van der Waals surface area (Å²) in [6.45, 7) is 0. The number of aromatic nitrogens is 3.